The molecule has 1 aliphatic heterocycles. The van der Waals surface area contributed by atoms with Crippen LogP contribution in [0.25, 0.3) is 0 Å². The molecule has 5 amide bonds. The lowest BCUT2D eigenvalue weighted by Gasteiger charge is -2.13. The Morgan fingerprint density at radius 2 is 1.45 bits per heavy atom. The van der Waals surface area contributed by atoms with E-state index in [-0.39, 0.29) is 48.5 Å². The van der Waals surface area contributed by atoms with Gasteiger partial charge in [-0.2, -0.15) is 0 Å². The van der Waals surface area contributed by atoms with Crippen molar-refractivity contribution >= 4 is 29.5 Å². The fourth-order valence-corrected chi connectivity index (χ4v) is 2.68. The van der Waals surface area contributed by atoms with Gasteiger partial charge in [0.25, 0.3) is 11.8 Å². The Labute approximate surface area is 183 Å². The van der Waals surface area contributed by atoms with Gasteiger partial charge in [0.05, 0.1) is 13.2 Å². The largest absolute Gasteiger partial charge is 0.379 e. The summed E-state index contributed by atoms with van der Waals surface area (Å²) < 4.78 is 5.33. The first kappa shape index (κ1) is 26.3. The molecule has 0 spiro atoms. The molecule has 31 heavy (non-hydrogen) atoms. The first-order chi connectivity index (χ1) is 14.8. The van der Waals surface area contributed by atoms with Gasteiger partial charge in [-0.25, -0.2) is 0 Å². The van der Waals surface area contributed by atoms with Gasteiger partial charge in [0.15, 0.2) is 0 Å². The van der Waals surface area contributed by atoms with Crippen molar-refractivity contribution in [2.45, 2.75) is 46.0 Å². The minimum atomic E-state index is -0.282. The van der Waals surface area contributed by atoms with Gasteiger partial charge in [0.2, 0.25) is 17.7 Å². The summed E-state index contributed by atoms with van der Waals surface area (Å²) in [5, 5.41) is 8.15. The van der Waals surface area contributed by atoms with E-state index in [1.54, 1.807) is 13.8 Å². The van der Waals surface area contributed by atoms with E-state index >= 15 is 0 Å². The van der Waals surface area contributed by atoms with E-state index in [4.69, 9.17) is 4.74 Å². The second-order valence-corrected chi connectivity index (χ2v) is 7.48. The maximum atomic E-state index is 11.8. The summed E-state index contributed by atoms with van der Waals surface area (Å²) in [6, 6.07) is 0. The summed E-state index contributed by atoms with van der Waals surface area (Å²) in [7, 11) is 0. The van der Waals surface area contributed by atoms with Crippen molar-refractivity contribution in [3.63, 3.8) is 0 Å². The monoisotopic (exact) mass is 438 g/mol. The predicted molar refractivity (Wildman–Crippen MR) is 114 cm³/mol. The van der Waals surface area contributed by atoms with Crippen LogP contribution in [0.4, 0.5) is 0 Å². The first-order valence-corrected chi connectivity index (χ1v) is 10.7. The number of hydrogen-bond acceptors (Lipinski definition) is 6. The molecule has 10 heteroatoms. The highest BCUT2D eigenvalue weighted by Crippen LogP contribution is 2.07. The molecule has 1 heterocycles. The zero-order chi connectivity index (χ0) is 23.1. The van der Waals surface area contributed by atoms with Crippen molar-refractivity contribution in [1.29, 1.82) is 0 Å². The average molecular weight is 439 g/mol. The second kappa shape index (κ2) is 15.1. The Morgan fingerprint density at radius 3 is 2.13 bits per heavy atom. The molecule has 0 atom stereocenters. The van der Waals surface area contributed by atoms with Crippen LogP contribution < -0.4 is 16.0 Å². The minimum Gasteiger partial charge on any atom is -0.379 e. The molecule has 0 bridgehead atoms. The van der Waals surface area contributed by atoms with Gasteiger partial charge in [-0.1, -0.05) is 20.3 Å². The number of nitrogens with zero attached hydrogens (tertiary/aromatic N) is 1. The number of carbonyl (C=O) groups excluding carboxylic acids is 5. The lowest BCUT2D eigenvalue weighted by Crippen LogP contribution is -2.36. The van der Waals surface area contributed by atoms with Crippen molar-refractivity contribution in [2.75, 3.05) is 39.4 Å². The maximum Gasteiger partial charge on any atom is 0.253 e. The fourth-order valence-electron chi connectivity index (χ4n) is 2.68. The van der Waals surface area contributed by atoms with Crippen molar-refractivity contribution < 1.29 is 28.7 Å². The van der Waals surface area contributed by atoms with E-state index < -0.39 is 0 Å². The van der Waals surface area contributed by atoms with Crippen molar-refractivity contribution in [1.82, 2.24) is 20.9 Å². The Balaban J connectivity index is 1.89. The van der Waals surface area contributed by atoms with Crippen molar-refractivity contribution in [3.8, 4) is 0 Å². The standard InChI is InChI=1S/C21H34N4O6/c1-16(2)21(30)24-11-10-22-18(27)9-14-31-15-12-23-17(26)6-4-3-5-13-25-19(28)7-8-20(25)29/h7-8,16H,3-6,9-15H2,1-2H3,(H,22,27)(H,23,26)(H,24,30). The second-order valence-electron chi connectivity index (χ2n) is 7.48. The lowest BCUT2D eigenvalue weighted by atomic mass is 10.2. The van der Waals surface area contributed by atoms with E-state index in [1.165, 1.54) is 17.1 Å². The fraction of sp³-hybridized carbons (Fsp3) is 0.667. The molecule has 0 aromatic carbocycles. The molecule has 1 aliphatic rings. The van der Waals surface area contributed by atoms with Crippen LogP contribution in [0.3, 0.4) is 0 Å². The molecule has 0 saturated carbocycles. The molecule has 3 N–H and O–H groups in total. The smallest absolute Gasteiger partial charge is 0.253 e. The van der Waals surface area contributed by atoms with Crippen LogP contribution in [-0.2, 0) is 28.7 Å². The first-order valence-electron chi connectivity index (χ1n) is 10.7. The van der Waals surface area contributed by atoms with Gasteiger partial charge >= 0.3 is 0 Å². The SMILES string of the molecule is CC(C)C(=O)NCCNC(=O)CCOCCNC(=O)CCCCCN1C(=O)C=CC1=O. The molecule has 174 valence electrons. The van der Waals surface area contributed by atoms with Crippen LogP contribution in [0.5, 0.6) is 0 Å². The normalized spacial score (nSPS) is 13.1. The van der Waals surface area contributed by atoms with Crippen molar-refractivity contribution in [2.24, 2.45) is 5.92 Å². The van der Waals surface area contributed by atoms with Crippen LogP contribution in [0.15, 0.2) is 12.2 Å². The average Bonchev–Trinajstić information content (AvgIpc) is 3.05. The molecule has 0 fully saturated rings. The number of hydrogen-bond donors (Lipinski definition) is 3. The zero-order valence-corrected chi connectivity index (χ0v) is 18.4. The zero-order valence-electron chi connectivity index (χ0n) is 18.4. The number of imide groups is 1. The molecule has 0 aromatic rings. The summed E-state index contributed by atoms with van der Waals surface area (Å²) in [5.74, 6) is -0.935. The van der Waals surface area contributed by atoms with Crippen molar-refractivity contribution in [3.05, 3.63) is 12.2 Å². The van der Waals surface area contributed by atoms with Gasteiger partial charge in [-0.05, 0) is 12.8 Å². The van der Waals surface area contributed by atoms with E-state index in [0.29, 0.717) is 52.0 Å². The lowest BCUT2D eigenvalue weighted by molar-refractivity contribution is -0.137. The Bertz CT molecular complexity index is 644. The highest BCUT2D eigenvalue weighted by Gasteiger charge is 2.22. The van der Waals surface area contributed by atoms with E-state index in [0.717, 1.165) is 6.42 Å². The number of nitrogens with one attached hydrogen (secondary N) is 3. The molecular formula is C21H34N4O6. The third kappa shape index (κ3) is 11.9. The van der Waals surface area contributed by atoms with Gasteiger partial charge in [-0.3, -0.25) is 28.9 Å². The van der Waals surface area contributed by atoms with Gasteiger partial charge < -0.3 is 20.7 Å². The summed E-state index contributed by atoms with van der Waals surface area (Å²) >= 11 is 0. The van der Waals surface area contributed by atoms with E-state index in [2.05, 4.69) is 16.0 Å². The van der Waals surface area contributed by atoms with Gasteiger partial charge in [-0.15, -0.1) is 0 Å². The molecule has 0 aliphatic carbocycles. The van der Waals surface area contributed by atoms with Gasteiger partial charge in [0.1, 0.15) is 0 Å². The van der Waals surface area contributed by atoms with Crippen LogP contribution in [0.2, 0.25) is 0 Å². The number of unbranched alkanes of at least 4 members (excludes halogenated alkanes) is 2. The van der Waals surface area contributed by atoms with Gasteiger partial charge in [0, 0.05) is 57.1 Å². The Hall–Kier alpha value is -2.75. The van der Waals surface area contributed by atoms with Crippen LogP contribution in [0.1, 0.15) is 46.0 Å². The number of rotatable bonds is 16. The summed E-state index contributed by atoms with van der Waals surface area (Å²) in [6.45, 7) is 5.67. The molecule has 0 aromatic heterocycles. The minimum absolute atomic E-state index is 0.0489. The Morgan fingerprint density at radius 1 is 0.839 bits per heavy atom. The topological polar surface area (TPSA) is 134 Å². The number of carbonyl (C=O) groups is 5. The number of ether oxygens (including phenoxy) is 1. The van der Waals surface area contributed by atoms with Crippen LogP contribution in [-0.4, -0.2) is 73.8 Å². The van der Waals surface area contributed by atoms with E-state index in [1.807, 2.05) is 0 Å². The highest BCUT2D eigenvalue weighted by molar-refractivity contribution is 6.12. The van der Waals surface area contributed by atoms with E-state index in [9.17, 15) is 24.0 Å². The predicted octanol–water partition coefficient (Wildman–Crippen LogP) is -0.117. The van der Waals surface area contributed by atoms with Crippen LogP contribution in [0, 0.1) is 5.92 Å². The molecule has 0 saturated heterocycles. The highest BCUT2D eigenvalue weighted by atomic mass is 16.5. The quantitative estimate of drug-likeness (QED) is 0.227. The Kier molecular flexibility index (Phi) is 12.8. The summed E-state index contributed by atoms with van der Waals surface area (Å²) in [6.07, 6.45) is 5.20. The number of amides is 5. The third-order valence-electron chi connectivity index (χ3n) is 4.50. The molecule has 0 radical (unpaired) electrons. The molecule has 0 unspecified atom stereocenters. The molecular weight excluding hydrogens is 404 g/mol. The van der Waals surface area contributed by atoms with Crippen LogP contribution >= 0.6 is 0 Å². The maximum absolute atomic E-state index is 11.8. The molecule has 1 rings (SSSR count). The summed E-state index contributed by atoms with van der Waals surface area (Å²) in [5.41, 5.74) is 0. The molecule has 10 nitrogen and oxygen atoms in total. The summed E-state index contributed by atoms with van der Waals surface area (Å²) in [4.78, 5) is 58.7. The third-order valence-corrected chi connectivity index (χ3v) is 4.50.